The minimum absolute atomic E-state index is 0.0138. The maximum Gasteiger partial charge on any atom is 0.251 e. The van der Waals surface area contributed by atoms with Gasteiger partial charge < -0.3 is 10.6 Å². The molecule has 0 radical (unpaired) electrons. The van der Waals surface area contributed by atoms with Crippen LogP contribution >= 0.6 is 11.6 Å². The second kappa shape index (κ2) is 12.0. The van der Waals surface area contributed by atoms with Gasteiger partial charge in [0.2, 0.25) is 5.91 Å². The third kappa shape index (κ3) is 6.63. The largest absolute Gasteiger partial charge is 0.351 e. The molecule has 0 aromatic heterocycles. The summed E-state index contributed by atoms with van der Waals surface area (Å²) in [5, 5.41) is 6.73. The van der Waals surface area contributed by atoms with Crippen LogP contribution in [-0.4, -0.2) is 33.4 Å². The molecule has 1 aromatic rings. The number of unbranched alkanes of at least 4 members (excludes halogenated alkanes) is 2. The fraction of sp³-hybridized carbons (Fsp3) is 0.704. The Balaban J connectivity index is 1.66. The molecule has 2 fully saturated rings. The Bertz CT molecular complexity index is 915. The fourth-order valence-electron chi connectivity index (χ4n) is 5.63. The lowest BCUT2D eigenvalue weighted by molar-refractivity contribution is -0.132. The Morgan fingerprint density at radius 1 is 1.24 bits per heavy atom. The molecule has 34 heavy (non-hydrogen) atoms. The number of nitrogens with one attached hydrogen (secondary N) is 2. The van der Waals surface area contributed by atoms with Crippen LogP contribution in [0.1, 0.15) is 101 Å². The average molecular weight is 509 g/mol. The molecule has 3 rings (SSSR count). The van der Waals surface area contributed by atoms with E-state index >= 15 is 0 Å². The monoisotopic (exact) mass is 508 g/mol. The van der Waals surface area contributed by atoms with E-state index in [0.717, 1.165) is 56.9 Å². The lowest BCUT2D eigenvalue weighted by atomic mass is 9.75. The van der Waals surface area contributed by atoms with Crippen LogP contribution in [0.15, 0.2) is 17.0 Å². The van der Waals surface area contributed by atoms with Crippen LogP contribution in [0, 0.1) is 18.8 Å². The van der Waals surface area contributed by atoms with Crippen molar-refractivity contribution in [1.82, 2.24) is 10.6 Å². The van der Waals surface area contributed by atoms with Crippen molar-refractivity contribution in [3.05, 3.63) is 28.3 Å². The number of halogens is 1. The maximum absolute atomic E-state index is 13.3. The van der Waals surface area contributed by atoms with Gasteiger partial charge in [-0.25, -0.2) is 0 Å². The first-order valence-corrected chi connectivity index (χ1v) is 14.5. The third-order valence-corrected chi connectivity index (χ3v) is 9.83. The van der Waals surface area contributed by atoms with Gasteiger partial charge in [0, 0.05) is 32.8 Å². The molecule has 2 amide bonds. The topological polar surface area (TPSA) is 75.3 Å². The lowest BCUT2D eigenvalue weighted by Gasteiger charge is -2.42. The van der Waals surface area contributed by atoms with E-state index in [1.54, 1.807) is 12.1 Å². The number of amides is 2. The number of piperidine rings is 1. The highest BCUT2D eigenvalue weighted by Gasteiger charge is 2.40. The molecule has 0 spiro atoms. The summed E-state index contributed by atoms with van der Waals surface area (Å²) in [6, 6.07) is 3.39. The number of carbonyl (C=O) groups is 2. The van der Waals surface area contributed by atoms with Crippen molar-refractivity contribution in [3.8, 4) is 0 Å². The molecule has 1 heterocycles. The smallest absolute Gasteiger partial charge is 0.251 e. The summed E-state index contributed by atoms with van der Waals surface area (Å²) in [5.74, 6) is -0.341. The van der Waals surface area contributed by atoms with Gasteiger partial charge in [-0.1, -0.05) is 64.0 Å². The Morgan fingerprint density at radius 2 is 1.94 bits per heavy atom. The Kier molecular flexibility index (Phi) is 9.62. The second-order valence-corrected chi connectivity index (χ2v) is 12.8. The van der Waals surface area contributed by atoms with Gasteiger partial charge in [0.1, 0.15) is 0 Å². The number of hydrogen-bond acceptors (Lipinski definition) is 3. The van der Waals surface area contributed by atoms with Gasteiger partial charge in [0.05, 0.1) is 16.7 Å². The van der Waals surface area contributed by atoms with Crippen molar-refractivity contribution in [1.29, 1.82) is 0 Å². The summed E-state index contributed by atoms with van der Waals surface area (Å²) in [4.78, 5) is 26.7. The van der Waals surface area contributed by atoms with Crippen LogP contribution in [-0.2, 0) is 15.6 Å². The first-order valence-electron chi connectivity index (χ1n) is 13.0. The van der Waals surface area contributed by atoms with Crippen molar-refractivity contribution >= 4 is 34.2 Å². The van der Waals surface area contributed by atoms with Crippen LogP contribution in [0.4, 0.5) is 0 Å². The summed E-state index contributed by atoms with van der Waals surface area (Å²) in [6.07, 6.45) is 10.6. The highest BCUT2D eigenvalue weighted by atomic mass is 35.5. The molecule has 1 saturated heterocycles. The normalized spacial score (nSPS) is 26.7. The van der Waals surface area contributed by atoms with Crippen LogP contribution in [0.2, 0.25) is 5.02 Å². The molecule has 5 nitrogen and oxygen atoms in total. The Labute approximate surface area is 212 Å². The summed E-state index contributed by atoms with van der Waals surface area (Å²) >= 11 is 6.35. The SMILES string of the molecule is CCCCCC1(C)CC(C)C(CNC(=O)c2cc(Cl)cc(S(=O)C3CCCCC3)c2C)C(=O)N1. The molecule has 1 aliphatic carbocycles. The first kappa shape index (κ1) is 27.2. The standard InChI is InChI=1S/C27H41ClN2O3S/c1-5-6-10-13-27(4)16-18(2)23(26(32)30-27)17-29-25(31)22-14-20(28)15-24(19(22)3)34(33)21-11-8-7-9-12-21/h14-15,18,21,23H,5-13,16-17H2,1-4H3,(H,29,31)(H,30,32). The van der Waals surface area contributed by atoms with Gasteiger partial charge in [0.15, 0.2) is 0 Å². The second-order valence-electron chi connectivity index (χ2n) is 10.6. The van der Waals surface area contributed by atoms with E-state index in [0.29, 0.717) is 15.5 Å². The zero-order valence-electron chi connectivity index (χ0n) is 21.2. The van der Waals surface area contributed by atoms with E-state index in [1.165, 1.54) is 12.8 Å². The maximum atomic E-state index is 13.3. The zero-order chi connectivity index (χ0) is 24.9. The zero-order valence-corrected chi connectivity index (χ0v) is 22.7. The van der Waals surface area contributed by atoms with E-state index in [-0.39, 0.29) is 41.0 Å². The number of hydrogen-bond donors (Lipinski definition) is 2. The number of benzene rings is 1. The number of carbonyl (C=O) groups excluding carboxylic acids is 2. The quantitative estimate of drug-likeness (QED) is 0.406. The van der Waals surface area contributed by atoms with E-state index in [4.69, 9.17) is 11.6 Å². The minimum atomic E-state index is -1.18. The molecule has 1 aromatic carbocycles. The van der Waals surface area contributed by atoms with Crippen molar-refractivity contribution in [2.75, 3.05) is 6.54 Å². The van der Waals surface area contributed by atoms with Crippen molar-refractivity contribution in [3.63, 3.8) is 0 Å². The molecule has 1 saturated carbocycles. The minimum Gasteiger partial charge on any atom is -0.351 e. The molecule has 4 atom stereocenters. The van der Waals surface area contributed by atoms with Crippen LogP contribution in [0.3, 0.4) is 0 Å². The summed E-state index contributed by atoms with van der Waals surface area (Å²) < 4.78 is 13.3. The molecule has 1 aliphatic heterocycles. The summed E-state index contributed by atoms with van der Waals surface area (Å²) in [7, 11) is -1.18. The van der Waals surface area contributed by atoms with Crippen molar-refractivity contribution < 1.29 is 13.8 Å². The van der Waals surface area contributed by atoms with E-state index in [9.17, 15) is 13.8 Å². The average Bonchev–Trinajstić information content (AvgIpc) is 2.79. The van der Waals surface area contributed by atoms with Gasteiger partial charge >= 0.3 is 0 Å². The number of rotatable bonds is 9. The van der Waals surface area contributed by atoms with E-state index < -0.39 is 10.8 Å². The fourth-order valence-corrected chi connectivity index (χ4v) is 7.69. The molecular weight excluding hydrogens is 468 g/mol. The molecule has 2 N–H and O–H groups in total. The summed E-state index contributed by atoms with van der Waals surface area (Å²) in [6.45, 7) is 8.54. The first-order chi connectivity index (χ1) is 16.1. The molecule has 2 aliphatic rings. The molecule has 7 heteroatoms. The van der Waals surface area contributed by atoms with Crippen LogP contribution < -0.4 is 10.6 Å². The van der Waals surface area contributed by atoms with Gasteiger partial charge in [-0.3, -0.25) is 13.8 Å². The predicted octanol–water partition coefficient (Wildman–Crippen LogP) is 5.93. The van der Waals surface area contributed by atoms with Gasteiger partial charge in [0.25, 0.3) is 5.91 Å². The molecule has 190 valence electrons. The van der Waals surface area contributed by atoms with Crippen LogP contribution in [0.25, 0.3) is 0 Å². The Hall–Kier alpha value is -1.40. The van der Waals surface area contributed by atoms with Crippen LogP contribution in [0.5, 0.6) is 0 Å². The summed E-state index contributed by atoms with van der Waals surface area (Å²) in [5.41, 5.74) is 0.990. The third-order valence-electron chi connectivity index (χ3n) is 7.68. The Morgan fingerprint density at radius 3 is 2.59 bits per heavy atom. The highest BCUT2D eigenvalue weighted by molar-refractivity contribution is 7.85. The molecule has 4 unspecified atom stereocenters. The molecule has 0 bridgehead atoms. The highest BCUT2D eigenvalue weighted by Crippen LogP contribution is 2.33. The lowest BCUT2D eigenvalue weighted by Crippen LogP contribution is -2.57. The predicted molar refractivity (Wildman–Crippen MR) is 140 cm³/mol. The van der Waals surface area contributed by atoms with Gasteiger partial charge in [-0.2, -0.15) is 0 Å². The molecular formula is C27H41ClN2O3S. The van der Waals surface area contributed by atoms with Crippen molar-refractivity contribution in [2.45, 2.75) is 108 Å². The van der Waals surface area contributed by atoms with Gasteiger partial charge in [-0.15, -0.1) is 0 Å². The van der Waals surface area contributed by atoms with E-state index in [1.807, 2.05) is 6.92 Å². The van der Waals surface area contributed by atoms with Crippen molar-refractivity contribution in [2.24, 2.45) is 11.8 Å². The van der Waals surface area contributed by atoms with Gasteiger partial charge in [-0.05, 0) is 63.1 Å². The van der Waals surface area contributed by atoms with E-state index in [2.05, 4.69) is 31.4 Å².